The van der Waals surface area contributed by atoms with Crippen molar-refractivity contribution in [2.75, 3.05) is 34.3 Å². The molecule has 1 aromatic carbocycles. The highest BCUT2D eigenvalue weighted by Gasteiger charge is 2.09. The first-order chi connectivity index (χ1) is 8.08. The Hall–Kier alpha value is -0.780. The van der Waals surface area contributed by atoms with Gasteiger partial charge in [-0.15, -0.1) is 0 Å². The van der Waals surface area contributed by atoms with Gasteiger partial charge in [0, 0.05) is 19.6 Å². The van der Waals surface area contributed by atoms with Crippen molar-refractivity contribution in [3.05, 3.63) is 22.2 Å². The second-order valence-electron chi connectivity index (χ2n) is 3.97. The van der Waals surface area contributed by atoms with Crippen molar-refractivity contribution in [2.45, 2.75) is 6.54 Å². The molecule has 1 rings (SSSR count). The quantitative estimate of drug-likeness (QED) is 0.841. The molecule has 0 amide bonds. The predicted octanol–water partition coefficient (Wildman–Crippen LogP) is 1.81. The van der Waals surface area contributed by atoms with E-state index in [1.165, 1.54) is 0 Å². The Morgan fingerprint density at radius 2 is 2.18 bits per heavy atom. The third-order valence-electron chi connectivity index (χ3n) is 2.50. The number of phenolic OH excluding ortho intramolecular Hbond substituents is 1. The summed E-state index contributed by atoms with van der Waals surface area (Å²) in [6.45, 7) is 2.74. The third kappa shape index (κ3) is 4.18. The minimum atomic E-state index is 0.147. The highest BCUT2D eigenvalue weighted by Crippen LogP contribution is 2.35. The molecule has 1 aromatic rings. The maximum atomic E-state index is 9.70. The number of benzene rings is 1. The highest BCUT2D eigenvalue weighted by molar-refractivity contribution is 9.10. The van der Waals surface area contributed by atoms with E-state index in [2.05, 4.69) is 33.2 Å². The number of rotatable bonds is 6. The third-order valence-corrected chi connectivity index (χ3v) is 3.11. The average Bonchev–Trinajstić information content (AvgIpc) is 2.31. The Bertz CT molecular complexity index is 372. The van der Waals surface area contributed by atoms with Crippen LogP contribution in [0.5, 0.6) is 11.5 Å². The number of hydrogen-bond acceptors (Lipinski definition) is 4. The lowest BCUT2D eigenvalue weighted by Crippen LogP contribution is -2.26. The van der Waals surface area contributed by atoms with Crippen LogP contribution in [0, 0.1) is 0 Å². The molecule has 0 aliphatic heterocycles. The van der Waals surface area contributed by atoms with E-state index >= 15 is 0 Å². The molecule has 96 valence electrons. The van der Waals surface area contributed by atoms with Crippen LogP contribution in [0.25, 0.3) is 0 Å². The van der Waals surface area contributed by atoms with Crippen LogP contribution in [0.4, 0.5) is 0 Å². The summed E-state index contributed by atoms with van der Waals surface area (Å²) in [7, 11) is 5.55. The highest BCUT2D eigenvalue weighted by atomic mass is 79.9. The number of aromatic hydroxyl groups is 1. The molecule has 0 radical (unpaired) electrons. The molecule has 0 saturated heterocycles. The number of halogens is 1. The molecule has 0 atom stereocenters. The van der Waals surface area contributed by atoms with E-state index < -0.39 is 0 Å². The maximum absolute atomic E-state index is 9.70. The molecule has 0 aliphatic rings. The van der Waals surface area contributed by atoms with Crippen LogP contribution in [-0.2, 0) is 6.54 Å². The van der Waals surface area contributed by atoms with E-state index in [0.717, 1.165) is 25.2 Å². The van der Waals surface area contributed by atoms with Gasteiger partial charge >= 0.3 is 0 Å². The summed E-state index contributed by atoms with van der Waals surface area (Å²) < 4.78 is 5.78. The first-order valence-electron chi connectivity index (χ1n) is 5.47. The summed E-state index contributed by atoms with van der Waals surface area (Å²) in [6.07, 6.45) is 0. The second kappa shape index (κ2) is 6.83. The standard InChI is InChI=1S/C12H19BrN2O2/c1-14-4-5-15(2)8-9-6-10(13)12(16)11(7-9)17-3/h6-7,14,16H,4-5,8H2,1-3H3. The van der Waals surface area contributed by atoms with Gasteiger partial charge in [0.05, 0.1) is 11.6 Å². The van der Waals surface area contributed by atoms with Crippen molar-refractivity contribution in [1.29, 1.82) is 0 Å². The van der Waals surface area contributed by atoms with Gasteiger partial charge in [0.15, 0.2) is 11.5 Å². The Labute approximate surface area is 111 Å². The van der Waals surface area contributed by atoms with E-state index in [1.54, 1.807) is 7.11 Å². The Kier molecular flexibility index (Phi) is 5.74. The fourth-order valence-electron chi connectivity index (χ4n) is 1.57. The predicted molar refractivity (Wildman–Crippen MR) is 72.6 cm³/mol. The molecule has 0 heterocycles. The lowest BCUT2D eigenvalue weighted by molar-refractivity contribution is 0.325. The molecule has 2 N–H and O–H groups in total. The van der Waals surface area contributed by atoms with Gasteiger partial charge in [-0.25, -0.2) is 0 Å². The topological polar surface area (TPSA) is 44.7 Å². The zero-order valence-electron chi connectivity index (χ0n) is 10.5. The number of nitrogens with one attached hydrogen (secondary N) is 1. The van der Waals surface area contributed by atoms with E-state index in [0.29, 0.717) is 10.2 Å². The molecule has 0 aromatic heterocycles. The summed E-state index contributed by atoms with van der Waals surface area (Å²) in [6, 6.07) is 3.77. The molecule has 0 spiro atoms. The van der Waals surface area contributed by atoms with Crippen LogP contribution < -0.4 is 10.1 Å². The van der Waals surface area contributed by atoms with Gasteiger partial charge in [-0.3, -0.25) is 0 Å². The fraction of sp³-hybridized carbons (Fsp3) is 0.500. The van der Waals surface area contributed by atoms with Crippen LogP contribution in [0.1, 0.15) is 5.56 Å². The van der Waals surface area contributed by atoms with Crippen LogP contribution >= 0.6 is 15.9 Å². The number of methoxy groups -OCH3 is 1. The van der Waals surface area contributed by atoms with Gasteiger partial charge in [0.25, 0.3) is 0 Å². The van der Waals surface area contributed by atoms with Crippen molar-refractivity contribution in [2.24, 2.45) is 0 Å². The molecule has 4 nitrogen and oxygen atoms in total. The number of likely N-dealkylation sites (N-methyl/N-ethyl adjacent to an activating group) is 2. The van der Waals surface area contributed by atoms with Crippen molar-refractivity contribution in [1.82, 2.24) is 10.2 Å². The van der Waals surface area contributed by atoms with E-state index in [4.69, 9.17) is 4.74 Å². The smallest absolute Gasteiger partial charge is 0.172 e. The summed E-state index contributed by atoms with van der Waals surface area (Å²) in [4.78, 5) is 2.20. The van der Waals surface area contributed by atoms with Crippen molar-refractivity contribution in [3.63, 3.8) is 0 Å². The lowest BCUT2D eigenvalue weighted by Gasteiger charge is -2.17. The fourth-order valence-corrected chi connectivity index (χ4v) is 2.06. The first-order valence-corrected chi connectivity index (χ1v) is 6.26. The SMILES string of the molecule is CNCCN(C)Cc1cc(Br)c(O)c(OC)c1. The molecule has 17 heavy (non-hydrogen) atoms. The minimum Gasteiger partial charge on any atom is -0.503 e. The Morgan fingerprint density at radius 1 is 1.47 bits per heavy atom. The maximum Gasteiger partial charge on any atom is 0.172 e. The van der Waals surface area contributed by atoms with Gasteiger partial charge in [-0.1, -0.05) is 0 Å². The summed E-state index contributed by atoms with van der Waals surface area (Å²) in [5.41, 5.74) is 1.10. The number of phenols is 1. The molecule has 0 saturated carbocycles. The first kappa shape index (κ1) is 14.3. The van der Waals surface area contributed by atoms with Crippen LogP contribution in [0.3, 0.4) is 0 Å². The van der Waals surface area contributed by atoms with Crippen molar-refractivity contribution < 1.29 is 9.84 Å². The molecular weight excluding hydrogens is 284 g/mol. The average molecular weight is 303 g/mol. The summed E-state index contributed by atoms with van der Waals surface area (Å²) in [5.74, 6) is 0.644. The van der Waals surface area contributed by atoms with Crippen molar-refractivity contribution in [3.8, 4) is 11.5 Å². The van der Waals surface area contributed by atoms with Crippen molar-refractivity contribution >= 4 is 15.9 Å². The molecule has 5 heteroatoms. The largest absolute Gasteiger partial charge is 0.503 e. The van der Waals surface area contributed by atoms with E-state index in [1.807, 2.05) is 19.2 Å². The second-order valence-corrected chi connectivity index (χ2v) is 4.82. The Balaban J connectivity index is 2.74. The van der Waals surface area contributed by atoms with Crippen LogP contribution in [0.2, 0.25) is 0 Å². The minimum absolute atomic E-state index is 0.147. The van der Waals surface area contributed by atoms with Gasteiger partial charge < -0.3 is 20.1 Å². The number of hydrogen-bond donors (Lipinski definition) is 2. The molecule has 0 unspecified atom stereocenters. The number of nitrogens with zero attached hydrogens (tertiary/aromatic N) is 1. The molecule has 0 aliphatic carbocycles. The summed E-state index contributed by atoms with van der Waals surface area (Å²) >= 11 is 3.32. The van der Waals surface area contributed by atoms with E-state index in [9.17, 15) is 5.11 Å². The zero-order valence-corrected chi connectivity index (χ0v) is 12.0. The van der Waals surface area contributed by atoms with Crippen LogP contribution in [-0.4, -0.2) is 44.3 Å². The normalized spacial score (nSPS) is 10.9. The summed E-state index contributed by atoms with van der Waals surface area (Å²) in [5, 5.41) is 12.8. The van der Waals surface area contributed by atoms with Gasteiger partial charge in [0.1, 0.15) is 0 Å². The van der Waals surface area contributed by atoms with Gasteiger partial charge in [-0.2, -0.15) is 0 Å². The zero-order chi connectivity index (χ0) is 12.8. The lowest BCUT2D eigenvalue weighted by atomic mass is 10.2. The molecule has 0 fully saturated rings. The molecule has 0 bridgehead atoms. The van der Waals surface area contributed by atoms with Gasteiger partial charge in [-0.05, 0) is 47.7 Å². The Morgan fingerprint density at radius 3 is 2.76 bits per heavy atom. The van der Waals surface area contributed by atoms with Crippen LogP contribution in [0.15, 0.2) is 16.6 Å². The monoisotopic (exact) mass is 302 g/mol. The van der Waals surface area contributed by atoms with Gasteiger partial charge in [0.2, 0.25) is 0 Å². The van der Waals surface area contributed by atoms with E-state index in [-0.39, 0.29) is 5.75 Å². The molecular formula is C12H19BrN2O2. The number of ether oxygens (including phenoxy) is 1.